The quantitative estimate of drug-likeness (QED) is 0.865. The maximum Gasteiger partial charge on any atom is 0.214 e. The zero-order valence-electron chi connectivity index (χ0n) is 13.6. The molecule has 2 fully saturated rings. The number of ether oxygens (including phenoxy) is 1. The van der Waals surface area contributed by atoms with Gasteiger partial charge in [0.05, 0.1) is 5.75 Å². The number of rotatable bonds is 5. The largest absolute Gasteiger partial charge is 0.374 e. The second kappa shape index (κ2) is 7.00. The van der Waals surface area contributed by atoms with E-state index in [0.29, 0.717) is 24.2 Å². The van der Waals surface area contributed by atoms with Crippen molar-refractivity contribution in [1.82, 2.24) is 13.7 Å². The molecule has 23 heavy (non-hydrogen) atoms. The molecule has 9 heteroatoms. The first-order valence-corrected chi connectivity index (χ1v) is 10.5. The van der Waals surface area contributed by atoms with E-state index in [2.05, 4.69) is 14.7 Å². The molecule has 2 heterocycles. The van der Waals surface area contributed by atoms with E-state index >= 15 is 0 Å². The molecule has 0 bridgehead atoms. The average molecular weight is 361 g/mol. The van der Waals surface area contributed by atoms with Crippen LogP contribution in [0.5, 0.6) is 0 Å². The molecule has 0 radical (unpaired) electrons. The van der Waals surface area contributed by atoms with Crippen LogP contribution >= 0.6 is 11.5 Å². The minimum Gasteiger partial charge on any atom is -0.374 e. The summed E-state index contributed by atoms with van der Waals surface area (Å²) in [5.74, 6) is 1.02. The highest BCUT2D eigenvalue weighted by molar-refractivity contribution is 7.89. The van der Waals surface area contributed by atoms with Gasteiger partial charge in [-0.3, -0.25) is 0 Å². The highest BCUT2D eigenvalue weighted by Gasteiger charge is 2.36. The van der Waals surface area contributed by atoms with E-state index in [-0.39, 0.29) is 12.1 Å². The van der Waals surface area contributed by atoms with Gasteiger partial charge in [0.2, 0.25) is 15.2 Å². The first-order chi connectivity index (χ1) is 11.0. The lowest BCUT2D eigenvalue weighted by molar-refractivity contribution is 0.113. The van der Waals surface area contributed by atoms with E-state index in [1.807, 2.05) is 6.92 Å². The summed E-state index contributed by atoms with van der Waals surface area (Å²) in [6.45, 7) is 2.62. The van der Waals surface area contributed by atoms with Crippen LogP contribution in [-0.4, -0.2) is 53.6 Å². The van der Waals surface area contributed by atoms with E-state index in [4.69, 9.17) is 4.74 Å². The molecule has 1 aliphatic carbocycles. The fourth-order valence-electron chi connectivity index (χ4n) is 3.32. The van der Waals surface area contributed by atoms with Gasteiger partial charge in [-0.1, -0.05) is 0 Å². The number of hydrogen-bond acceptors (Lipinski definition) is 7. The minimum atomic E-state index is -2.99. The van der Waals surface area contributed by atoms with Crippen molar-refractivity contribution in [3.8, 4) is 0 Å². The highest BCUT2D eigenvalue weighted by Crippen LogP contribution is 2.30. The molecule has 1 atom stereocenters. The van der Waals surface area contributed by atoms with Crippen LogP contribution in [-0.2, 0) is 14.8 Å². The maximum atomic E-state index is 12.0. The number of aromatic nitrogens is 2. The molecule has 1 aromatic rings. The number of anilines is 1. The molecule has 130 valence electrons. The topological polar surface area (TPSA) is 84.4 Å². The van der Waals surface area contributed by atoms with Crippen LogP contribution in [0.2, 0.25) is 0 Å². The number of hydrogen-bond donors (Lipinski definition) is 1. The molecule has 1 aromatic heterocycles. The third-order valence-corrected chi connectivity index (χ3v) is 7.39. The second-order valence-electron chi connectivity index (χ2n) is 6.27. The Bertz CT molecular complexity index is 626. The Hall–Kier alpha value is -0.770. The van der Waals surface area contributed by atoms with E-state index in [0.717, 1.165) is 37.2 Å². The number of nitrogens with one attached hydrogen (secondary N) is 1. The molecule has 0 amide bonds. The lowest BCUT2D eigenvalue weighted by Crippen LogP contribution is -2.41. The lowest BCUT2D eigenvalue weighted by Gasteiger charge is -2.33. The van der Waals surface area contributed by atoms with Crippen LogP contribution in [0.15, 0.2) is 0 Å². The fraction of sp³-hybridized carbons (Fsp3) is 0.857. The van der Waals surface area contributed by atoms with Gasteiger partial charge in [0.25, 0.3) is 0 Å². The Morgan fingerprint density at radius 1 is 1.35 bits per heavy atom. The predicted molar refractivity (Wildman–Crippen MR) is 90.1 cm³/mol. The summed E-state index contributed by atoms with van der Waals surface area (Å²) in [6.07, 6.45) is 4.43. The van der Waals surface area contributed by atoms with E-state index in [1.165, 1.54) is 11.5 Å². The van der Waals surface area contributed by atoms with Gasteiger partial charge in [-0.05, 0) is 39.0 Å². The van der Waals surface area contributed by atoms with Crippen LogP contribution < -0.4 is 5.32 Å². The minimum absolute atomic E-state index is 0.0992. The lowest BCUT2D eigenvalue weighted by atomic mass is 9.91. The van der Waals surface area contributed by atoms with E-state index in [9.17, 15) is 8.42 Å². The molecule has 2 aliphatic rings. The average Bonchev–Trinajstić information content (AvgIpc) is 3.13. The standard InChI is InChI=1S/C14H24N4O3S2/c1-10(21-2)13-16-14(22-17-13)15-11-4-6-12(7-5-11)18-8-3-9-23(18,19)20/h10-12H,3-9H2,1-2H3,(H,15,16,17). The first-order valence-electron chi connectivity index (χ1n) is 8.12. The number of nitrogens with zero attached hydrogens (tertiary/aromatic N) is 3. The Labute approximate surface area is 141 Å². The maximum absolute atomic E-state index is 12.0. The van der Waals surface area contributed by atoms with Crippen LogP contribution in [0, 0.1) is 0 Å². The van der Waals surface area contributed by atoms with Crippen molar-refractivity contribution in [2.45, 2.75) is 57.2 Å². The molecular formula is C14H24N4O3S2. The molecule has 1 saturated carbocycles. The summed E-state index contributed by atoms with van der Waals surface area (Å²) in [4.78, 5) is 4.46. The fourth-order valence-corrected chi connectivity index (χ4v) is 5.84. The first kappa shape index (κ1) is 17.1. The van der Waals surface area contributed by atoms with Gasteiger partial charge in [0.1, 0.15) is 6.10 Å². The smallest absolute Gasteiger partial charge is 0.214 e. The summed E-state index contributed by atoms with van der Waals surface area (Å²) < 4.78 is 35.3. The third kappa shape index (κ3) is 3.84. The van der Waals surface area contributed by atoms with Crippen LogP contribution in [0.4, 0.5) is 5.13 Å². The molecule has 3 rings (SSSR count). The normalized spacial score (nSPS) is 29.5. The molecule has 0 spiro atoms. The molecule has 1 saturated heterocycles. The van der Waals surface area contributed by atoms with Crippen molar-refractivity contribution >= 4 is 26.7 Å². The molecule has 1 unspecified atom stereocenters. The van der Waals surface area contributed by atoms with Gasteiger partial charge in [0, 0.05) is 37.3 Å². The number of methoxy groups -OCH3 is 1. The summed E-state index contributed by atoms with van der Waals surface area (Å²) in [5.41, 5.74) is 0. The van der Waals surface area contributed by atoms with E-state index in [1.54, 1.807) is 11.4 Å². The number of sulfonamides is 1. The summed E-state index contributed by atoms with van der Waals surface area (Å²) >= 11 is 1.35. The zero-order chi connectivity index (χ0) is 16.4. The van der Waals surface area contributed by atoms with Gasteiger partial charge in [-0.2, -0.15) is 8.68 Å². The Morgan fingerprint density at radius 3 is 2.70 bits per heavy atom. The predicted octanol–water partition coefficient (Wildman–Crippen LogP) is 2.00. The Kier molecular flexibility index (Phi) is 5.19. The molecule has 0 aromatic carbocycles. The van der Waals surface area contributed by atoms with Gasteiger partial charge in [-0.25, -0.2) is 13.4 Å². The summed E-state index contributed by atoms with van der Waals surface area (Å²) in [6, 6.07) is 0.522. The van der Waals surface area contributed by atoms with Gasteiger partial charge >= 0.3 is 0 Å². The van der Waals surface area contributed by atoms with Crippen molar-refractivity contribution < 1.29 is 13.2 Å². The van der Waals surface area contributed by atoms with Crippen molar-refractivity contribution in [1.29, 1.82) is 0 Å². The molecule has 1 aliphatic heterocycles. The molecule has 1 N–H and O–H groups in total. The van der Waals surface area contributed by atoms with Crippen molar-refractivity contribution in [3.63, 3.8) is 0 Å². The molecular weight excluding hydrogens is 336 g/mol. The summed E-state index contributed by atoms with van der Waals surface area (Å²) in [7, 11) is -1.35. The van der Waals surface area contributed by atoms with Gasteiger partial charge in [-0.15, -0.1) is 0 Å². The zero-order valence-corrected chi connectivity index (χ0v) is 15.2. The Morgan fingerprint density at radius 2 is 2.09 bits per heavy atom. The van der Waals surface area contributed by atoms with Crippen molar-refractivity contribution in [2.75, 3.05) is 24.7 Å². The van der Waals surface area contributed by atoms with Gasteiger partial charge < -0.3 is 10.1 Å². The van der Waals surface area contributed by atoms with Crippen LogP contribution in [0.1, 0.15) is 51.0 Å². The van der Waals surface area contributed by atoms with Crippen molar-refractivity contribution in [3.05, 3.63) is 5.82 Å². The van der Waals surface area contributed by atoms with Crippen LogP contribution in [0.25, 0.3) is 0 Å². The van der Waals surface area contributed by atoms with Crippen LogP contribution in [0.3, 0.4) is 0 Å². The highest BCUT2D eigenvalue weighted by atomic mass is 32.2. The SMILES string of the molecule is COC(C)c1nsc(NC2CCC(N3CCCS3(=O)=O)CC2)n1. The van der Waals surface area contributed by atoms with E-state index < -0.39 is 10.0 Å². The van der Waals surface area contributed by atoms with Gasteiger partial charge in [0.15, 0.2) is 5.82 Å². The summed E-state index contributed by atoms with van der Waals surface area (Å²) in [5, 5.41) is 4.25. The second-order valence-corrected chi connectivity index (χ2v) is 9.06. The Balaban J connectivity index is 1.52. The van der Waals surface area contributed by atoms with Crippen molar-refractivity contribution in [2.24, 2.45) is 0 Å². The molecule has 7 nitrogen and oxygen atoms in total. The monoisotopic (exact) mass is 360 g/mol. The third-order valence-electron chi connectivity index (χ3n) is 4.73.